The van der Waals surface area contributed by atoms with Crippen LogP contribution in [-0.4, -0.2) is 56.5 Å². The fourth-order valence-electron chi connectivity index (χ4n) is 6.23. The highest BCUT2D eigenvalue weighted by atomic mass is 16.2. The Bertz CT molecular complexity index is 973. The van der Waals surface area contributed by atoms with Crippen LogP contribution in [0.4, 0.5) is 0 Å². The number of allylic oxidation sites excluding steroid dienone is 1. The summed E-state index contributed by atoms with van der Waals surface area (Å²) in [7, 11) is 1.94. The van der Waals surface area contributed by atoms with Crippen LogP contribution in [0.2, 0.25) is 0 Å². The van der Waals surface area contributed by atoms with Gasteiger partial charge in [-0.25, -0.2) is 0 Å². The number of amides is 2. The number of likely N-dealkylation sites (N-methyl/N-ethyl adjacent to an activating group) is 2. The average Bonchev–Trinajstić information content (AvgIpc) is 3.91. The number of carbonyl (C=O) groups is 2. The number of nitrogens with one attached hydrogen (secondary N) is 3. The molecule has 242 valence electrons. The maximum Gasteiger partial charge on any atom is 0.240 e. The van der Waals surface area contributed by atoms with Crippen molar-refractivity contribution in [2.75, 3.05) is 33.2 Å². The van der Waals surface area contributed by atoms with Gasteiger partial charge in [0, 0.05) is 25.8 Å². The highest BCUT2D eigenvalue weighted by molar-refractivity contribution is 5.82. The van der Waals surface area contributed by atoms with Gasteiger partial charge in [-0.15, -0.1) is 0 Å². The van der Waals surface area contributed by atoms with E-state index >= 15 is 0 Å². The van der Waals surface area contributed by atoms with E-state index in [1.54, 1.807) is 5.56 Å². The van der Waals surface area contributed by atoms with Crippen LogP contribution in [-0.2, 0) is 16.0 Å². The third-order valence-corrected chi connectivity index (χ3v) is 9.41. The first-order valence-electron chi connectivity index (χ1n) is 17.7. The summed E-state index contributed by atoms with van der Waals surface area (Å²) in [5, 5.41) is 9.57. The van der Waals surface area contributed by atoms with Gasteiger partial charge in [0.05, 0.1) is 12.6 Å². The van der Waals surface area contributed by atoms with Gasteiger partial charge in [0.15, 0.2) is 0 Å². The lowest BCUT2D eigenvalue weighted by molar-refractivity contribution is -0.132. The van der Waals surface area contributed by atoms with E-state index < -0.39 is 0 Å². The van der Waals surface area contributed by atoms with Crippen molar-refractivity contribution >= 4 is 12.3 Å². The smallest absolute Gasteiger partial charge is 0.240 e. The fourth-order valence-corrected chi connectivity index (χ4v) is 6.23. The maximum atomic E-state index is 12.6. The number of carbonyl (C=O) groups excluding carboxylic acids is 2. The topological polar surface area (TPSA) is 73.5 Å². The second kappa shape index (κ2) is 19.8. The highest BCUT2D eigenvalue weighted by Crippen LogP contribution is 2.38. The molecule has 0 radical (unpaired) electrons. The molecule has 0 spiro atoms. The van der Waals surface area contributed by atoms with Crippen LogP contribution >= 0.6 is 0 Å². The molecule has 0 bridgehead atoms. The van der Waals surface area contributed by atoms with Crippen molar-refractivity contribution in [2.24, 2.45) is 11.8 Å². The largest absolute Gasteiger partial charge is 0.387 e. The minimum Gasteiger partial charge on any atom is -0.387 e. The van der Waals surface area contributed by atoms with E-state index in [2.05, 4.69) is 61.0 Å². The average molecular weight is 595 g/mol. The van der Waals surface area contributed by atoms with Crippen LogP contribution in [0.15, 0.2) is 35.5 Å². The SMILES string of the molecule is CC1CCCCC1.CCCNC(C(=O)N(C)CC(NCC)=C1CC1)C1CC1.O=CNCCCc1ccccc1C1CCC1. The van der Waals surface area contributed by atoms with E-state index in [0.29, 0.717) is 5.92 Å². The Labute approximate surface area is 263 Å². The molecule has 43 heavy (non-hydrogen) atoms. The first-order valence-corrected chi connectivity index (χ1v) is 17.7. The van der Waals surface area contributed by atoms with Crippen LogP contribution in [0.25, 0.3) is 0 Å². The standard InChI is InChI=1S/C16H29N3O.C14H19NO.C7H14/c1-4-10-18-15(13-8-9-13)16(20)19(3)11-14(17-5-2)12-6-7-12;16-11-15-10-4-8-12-5-1-2-9-14(12)13-6-3-7-13;1-7-5-3-2-4-6-7/h13,15,17-18H,4-11H2,1-3H3;1-2,5,9,11,13H,3-4,6-8,10H2,(H,15,16);7H,2-6H2,1H3. The number of nitrogens with zero attached hydrogens (tertiary/aromatic N) is 1. The molecule has 4 aliphatic rings. The molecule has 0 aliphatic heterocycles. The van der Waals surface area contributed by atoms with Gasteiger partial charge < -0.3 is 20.9 Å². The Hall–Kier alpha value is -2.34. The summed E-state index contributed by atoms with van der Waals surface area (Å²) in [5.74, 6) is 2.66. The van der Waals surface area contributed by atoms with Gasteiger partial charge in [-0.05, 0) is 106 Å². The molecule has 3 N–H and O–H groups in total. The van der Waals surface area contributed by atoms with Crippen LogP contribution in [0.1, 0.15) is 128 Å². The second-order valence-corrected chi connectivity index (χ2v) is 13.3. The molecule has 6 nitrogen and oxygen atoms in total. The normalized spacial score (nSPS) is 18.6. The fraction of sp³-hybridized carbons (Fsp3) is 0.730. The minimum absolute atomic E-state index is 0.0343. The maximum absolute atomic E-state index is 12.6. The van der Waals surface area contributed by atoms with Crippen LogP contribution < -0.4 is 16.0 Å². The lowest BCUT2D eigenvalue weighted by Gasteiger charge is -2.28. The Morgan fingerprint density at radius 3 is 2.23 bits per heavy atom. The molecule has 1 atom stereocenters. The first kappa shape index (κ1) is 35.1. The third-order valence-electron chi connectivity index (χ3n) is 9.41. The minimum atomic E-state index is 0.0343. The zero-order chi connectivity index (χ0) is 30.9. The molecule has 1 aromatic rings. The Kier molecular flexibility index (Phi) is 16.2. The molecule has 2 amide bonds. The Morgan fingerprint density at radius 2 is 1.70 bits per heavy atom. The molecule has 6 heteroatoms. The monoisotopic (exact) mass is 594 g/mol. The summed E-state index contributed by atoms with van der Waals surface area (Å²) in [6.07, 6.45) is 20.3. The molecule has 0 aromatic heterocycles. The molecular weight excluding hydrogens is 532 g/mol. The van der Waals surface area contributed by atoms with E-state index in [4.69, 9.17) is 0 Å². The highest BCUT2D eigenvalue weighted by Gasteiger charge is 2.37. The van der Waals surface area contributed by atoms with Crippen molar-refractivity contribution in [2.45, 2.75) is 129 Å². The zero-order valence-electron chi connectivity index (χ0n) is 27.9. The number of hydrogen-bond acceptors (Lipinski definition) is 4. The van der Waals surface area contributed by atoms with Gasteiger partial charge in [-0.1, -0.05) is 76.6 Å². The number of hydrogen-bond donors (Lipinski definition) is 3. The summed E-state index contributed by atoms with van der Waals surface area (Å²) < 4.78 is 0. The van der Waals surface area contributed by atoms with Crippen molar-refractivity contribution in [1.29, 1.82) is 0 Å². The van der Waals surface area contributed by atoms with E-state index in [1.807, 2.05) is 11.9 Å². The number of rotatable bonds is 15. The lowest BCUT2D eigenvalue weighted by Crippen LogP contribution is -2.47. The van der Waals surface area contributed by atoms with Gasteiger partial charge >= 0.3 is 0 Å². The van der Waals surface area contributed by atoms with E-state index in [-0.39, 0.29) is 11.9 Å². The van der Waals surface area contributed by atoms with Crippen molar-refractivity contribution in [1.82, 2.24) is 20.9 Å². The van der Waals surface area contributed by atoms with Gasteiger partial charge in [0.2, 0.25) is 12.3 Å². The summed E-state index contributed by atoms with van der Waals surface area (Å²) in [4.78, 5) is 24.7. The predicted molar refractivity (Wildman–Crippen MR) is 180 cm³/mol. The molecular formula is C37H62N4O2. The van der Waals surface area contributed by atoms with Gasteiger partial charge in [-0.3, -0.25) is 9.59 Å². The number of aryl methyl sites for hydroxylation is 1. The van der Waals surface area contributed by atoms with E-state index in [9.17, 15) is 9.59 Å². The van der Waals surface area contributed by atoms with Crippen molar-refractivity contribution in [3.05, 3.63) is 46.7 Å². The second-order valence-electron chi connectivity index (χ2n) is 13.3. The summed E-state index contributed by atoms with van der Waals surface area (Å²) in [6, 6.07) is 8.79. The van der Waals surface area contributed by atoms with Gasteiger partial charge in [0.1, 0.15) is 0 Å². The molecule has 1 aromatic carbocycles. The van der Waals surface area contributed by atoms with Gasteiger partial charge in [-0.2, -0.15) is 0 Å². The number of benzene rings is 1. The molecule has 5 rings (SSSR count). The summed E-state index contributed by atoms with van der Waals surface area (Å²) in [5.41, 5.74) is 5.78. The summed E-state index contributed by atoms with van der Waals surface area (Å²) >= 11 is 0. The molecule has 0 saturated heterocycles. The zero-order valence-corrected chi connectivity index (χ0v) is 27.9. The van der Waals surface area contributed by atoms with Crippen molar-refractivity contribution < 1.29 is 9.59 Å². The predicted octanol–water partition coefficient (Wildman–Crippen LogP) is 7.10. The van der Waals surface area contributed by atoms with Crippen molar-refractivity contribution in [3.63, 3.8) is 0 Å². The van der Waals surface area contributed by atoms with Crippen LogP contribution in [0.5, 0.6) is 0 Å². The van der Waals surface area contributed by atoms with Crippen LogP contribution in [0, 0.1) is 11.8 Å². The summed E-state index contributed by atoms with van der Waals surface area (Å²) in [6.45, 7) is 10.00. The van der Waals surface area contributed by atoms with Gasteiger partial charge in [0.25, 0.3) is 0 Å². The molecule has 4 fully saturated rings. The quantitative estimate of drug-likeness (QED) is 0.150. The lowest BCUT2D eigenvalue weighted by atomic mass is 9.77. The molecule has 0 heterocycles. The Balaban J connectivity index is 0.000000195. The molecule has 4 saturated carbocycles. The first-order chi connectivity index (χ1) is 21.0. The van der Waals surface area contributed by atoms with E-state index in [0.717, 1.165) is 63.7 Å². The van der Waals surface area contributed by atoms with E-state index in [1.165, 1.54) is 93.9 Å². The van der Waals surface area contributed by atoms with Crippen LogP contribution in [0.3, 0.4) is 0 Å². The third kappa shape index (κ3) is 13.0. The molecule has 4 aliphatic carbocycles. The Morgan fingerprint density at radius 1 is 0.977 bits per heavy atom. The molecule has 1 unspecified atom stereocenters. The van der Waals surface area contributed by atoms with Crippen molar-refractivity contribution in [3.8, 4) is 0 Å².